The molecule has 19 heavy (non-hydrogen) atoms. The summed E-state index contributed by atoms with van der Waals surface area (Å²) in [5.41, 5.74) is 1.29. The predicted molar refractivity (Wildman–Crippen MR) is 80.6 cm³/mol. The summed E-state index contributed by atoms with van der Waals surface area (Å²) in [7, 11) is 2.15. The molecule has 0 amide bonds. The lowest BCUT2D eigenvalue weighted by molar-refractivity contribution is 0.346. The van der Waals surface area contributed by atoms with Crippen molar-refractivity contribution < 1.29 is 0 Å². The molecule has 106 valence electrons. The molecule has 1 fully saturated rings. The summed E-state index contributed by atoms with van der Waals surface area (Å²) >= 11 is 0. The lowest BCUT2D eigenvalue weighted by Crippen LogP contribution is -2.32. The molecule has 1 N–H and O–H groups in total. The molecule has 4 nitrogen and oxygen atoms in total. The van der Waals surface area contributed by atoms with E-state index >= 15 is 0 Å². The van der Waals surface area contributed by atoms with Gasteiger partial charge in [-0.15, -0.1) is 0 Å². The minimum Gasteiger partial charge on any atom is -0.358 e. The molecule has 1 aromatic heterocycles. The van der Waals surface area contributed by atoms with E-state index in [4.69, 9.17) is 0 Å². The largest absolute Gasteiger partial charge is 0.358 e. The van der Waals surface area contributed by atoms with Crippen LogP contribution in [-0.2, 0) is 6.54 Å². The van der Waals surface area contributed by atoms with Gasteiger partial charge in [-0.25, -0.2) is 4.98 Å². The molecule has 0 aromatic carbocycles. The average Bonchev–Trinajstić information content (AvgIpc) is 2.96. The van der Waals surface area contributed by atoms with Gasteiger partial charge in [-0.1, -0.05) is 13.0 Å². The van der Waals surface area contributed by atoms with Crippen molar-refractivity contribution in [3.63, 3.8) is 0 Å². The van der Waals surface area contributed by atoms with E-state index in [1.807, 2.05) is 12.3 Å². The summed E-state index contributed by atoms with van der Waals surface area (Å²) in [6, 6.07) is 4.18. The first kappa shape index (κ1) is 14.3. The third-order valence-electron chi connectivity index (χ3n) is 3.74. The van der Waals surface area contributed by atoms with E-state index in [0.717, 1.165) is 32.0 Å². The molecular formula is C15H26N4. The molecule has 0 aliphatic carbocycles. The molecule has 0 radical (unpaired) electrons. The smallest absolute Gasteiger partial charge is 0.132 e. The molecule has 0 atom stereocenters. The zero-order chi connectivity index (χ0) is 13.5. The highest BCUT2D eigenvalue weighted by atomic mass is 15.2. The van der Waals surface area contributed by atoms with E-state index < -0.39 is 0 Å². The minimum atomic E-state index is 0.897. The van der Waals surface area contributed by atoms with Gasteiger partial charge in [-0.2, -0.15) is 0 Å². The fraction of sp³-hybridized carbons (Fsp3) is 0.667. The van der Waals surface area contributed by atoms with Crippen molar-refractivity contribution in [3.8, 4) is 0 Å². The van der Waals surface area contributed by atoms with E-state index in [1.54, 1.807) is 0 Å². The van der Waals surface area contributed by atoms with Crippen molar-refractivity contribution in [2.45, 2.75) is 26.3 Å². The van der Waals surface area contributed by atoms with Crippen molar-refractivity contribution in [3.05, 3.63) is 23.9 Å². The van der Waals surface area contributed by atoms with E-state index in [2.05, 4.69) is 40.1 Å². The summed E-state index contributed by atoms with van der Waals surface area (Å²) in [6.45, 7) is 8.75. The molecule has 2 heterocycles. The first-order valence-electron chi connectivity index (χ1n) is 7.39. The van der Waals surface area contributed by atoms with Gasteiger partial charge in [0.1, 0.15) is 5.82 Å². The van der Waals surface area contributed by atoms with Gasteiger partial charge in [-0.3, -0.25) is 0 Å². The van der Waals surface area contributed by atoms with Gasteiger partial charge in [-0.05, 0) is 38.5 Å². The first-order chi connectivity index (χ1) is 9.31. The zero-order valence-corrected chi connectivity index (χ0v) is 12.2. The topological polar surface area (TPSA) is 31.4 Å². The summed E-state index contributed by atoms with van der Waals surface area (Å²) in [5, 5.41) is 3.38. The van der Waals surface area contributed by atoms with Gasteiger partial charge >= 0.3 is 0 Å². The van der Waals surface area contributed by atoms with Crippen molar-refractivity contribution >= 4 is 5.82 Å². The Bertz CT molecular complexity index is 374. The lowest BCUT2D eigenvalue weighted by Gasteiger charge is -2.24. The summed E-state index contributed by atoms with van der Waals surface area (Å²) in [6.07, 6.45) is 4.61. The number of nitrogens with one attached hydrogen (secondary N) is 1. The number of pyridine rings is 1. The molecule has 0 spiro atoms. The van der Waals surface area contributed by atoms with Crippen molar-refractivity contribution in [1.82, 2.24) is 15.2 Å². The fourth-order valence-electron chi connectivity index (χ4n) is 2.58. The SMILES string of the molecule is CCNCc1cccnc1N(C)CCN1CCCC1. The molecule has 0 unspecified atom stereocenters. The predicted octanol–water partition coefficient (Wildman–Crippen LogP) is 1.72. The molecule has 1 aromatic rings. The van der Waals surface area contributed by atoms with Crippen LogP contribution in [0.1, 0.15) is 25.3 Å². The second-order valence-corrected chi connectivity index (χ2v) is 5.24. The second-order valence-electron chi connectivity index (χ2n) is 5.24. The Morgan fingerprint density at radius 3 is 2.89 bits per heavy atom. The summed E-state index contributed by atoms with van der Waals surface area (Å²) < 4.78 is 0. The van der Waals surface area contributed by atoms with E-state index in [0.29, 0.717) is 0 Å². The van der Waals surface area contributed by atoms with Gasteiger partial charge < -0.3 is 15.1 Å². The van der Waals surface area contributed by atoms with Gasteiger partial charge in [0.25, 0.3) is 0 Å². The Balaban J connectivity index is 1.91. The maximum absolute atomic E-state index is 4.54. The fourth-order valence-corrected chi connectivity index (χ4v) is 2.58. The van der Waals surface area contributed by atoms with Crippen LogP contribution >= 0.6 is 0 Å². The summed E-state index contributed by atoms with van der Waals surface area (Å²) in [4.78, 5) is 9.37. The third kappa shape index (κ3) is 4.18. The number of aromatic nitrogens is 1. The quantitative estimate of drug-likeness (QED) is 0.811. The van der Waals surface area contributed by atoms with Crippen LogP contribution in [0.15, 0.2) is 18.3 Å². The van der Waals surface area contributed by atoms with E-state index in [-0.39, 0.29) is 0 Å². The number of likely N-dealkylation sites (tertiary alicyclic amines) is 1. The maximum Gasteiger partial charge on any atom is 0.132 e. The highest BCUT2D eigenvalue weighted by Crippen LogP contribution is 2.16. The molecule has 4 heteroatoms. The van der Waals surface area contributed by atoms with Gasteiger partial charge in [0.05, 0.1) is 0 Å². The van der Waals surface area contributed by atoms with Crippen molar-refractivity contribution in [1.29, 1.82) is 0 Å². The van der Waals surface area contributed by atoms with Gasteiger partial charge in [0.2, 0.25) is 0 Å². The van der Waals surface area contributed by atoms with Crippen LogP contribution in [0.2, 0.25) is 0 Å². The van der Waals surface area contributed by atoms with Crippen molar-refractivity contribution in [2.75, 3.05) is 44.7 Å². The highest BCUT2D eigenvalue weighted by Gasteiger charge is 2.13. The number of hydrogen-bond acceptors (Lipinski definition) is 4. The monoisotopic (exact) mass is 262 g/mol. The second kappa shape index (κ2) is 7.46. The number of likely N-dealkylation sites (N-methyl/N-ethyl adjacent to an activating group) is 1. The maximum atomic E-state index is 4.54. The minimum absolute atomic E-state index is 0.897. The molecule has 1 aliphatic heterocycles. The Hall–Kier alpha value is -1.13. The molecule has 0 bridgehead atoms. The van der Waals surface area contributed by atoms with Crippen LogP contribution in [0, 0.1) is 0 Å². The van der Waals surface area contributed by atoms with Crippen LogP contribution in [0.4, 0.5) is 5.82 Å². The molecular weight excluding hydrogens is 236 g/mol. The number of anilines is 1. The molecule has 1 aliphatic rings. The van der Waals surface area contributed by atoms with E-state index in [1.165, 1.54) is 31.5 Å². The molecule has 1 saturated heterocycles. The Kier molecular flexibility index (Phi) is 5.61. The third-order valence-corrected chi connectivity index (χ3v) is 3.74. The van der Waals surface area contributed by atoms with Gasteiger partial charge in [0, 0.05) is 38.4 Å². The first-order valence-corrected chi connectivity index (χ1v) is 7.39. The Labute approximate surface area is 116 Å². The average molecular weight is 262 g/mol. The van der Waals surface area contributed by atoms with Crippen LogP contribution < -0.4 is 10.2 Å². The normalized spacial score (nSPS) is 15.9. The molecule has 2 rings (SSSR count). The Morgan fingerprint density at radius 2 is 2.16 bits per heavy atom. The Morgan fingerprint density at radius 1 is 1.37 bits per heavy atom. The highest BCUT2D eigenvalue weighted by molar-refractivity contribution is 5.45. The van der Waals surface area contributed by atoms with Crippen LogP contribution in [-0.4, -0.2) is 49.7 Å². The van der Waals surface area contributed by atoms with Crippen LogP contribution in [0.5, 0.6) is 0 Å². The number of nitrogens with zero attached hydrogens (tertiary/aromatic N) is 3. The van der Waals surface area contributed by atoms with Crippen LogP contribution in [0.3, 0.4) is 0 Å². The van der Waals surface area contributed by atoms with E-state index in [9.17, 15) is 0 Å². The van der Waals surface area contributed by atoms with Crippen LogP contribution in [0.25, 0.3) is 0 Å². The lowest BCUT2D eigenvalue weighted by atomic mass is 10.2. The molecule has 0 saturated carbocycles. The van der Waals surface area contributed by atoms with Crippen molar-refractivity contribution in [2.24, 2.45) is 0 Å². The van der Waals surface area contributed by atoms with Gasteiger partial charge in [0.15, 0.2) is 0 Å². The standard InChI is InChI=1S/C15H26N4/c1-3-16-13-14-7-6-8-17-15(14)18(2)11-12-19-9-4-5-10-19/h6-8,16H,3-5,9-13H2,1-2H3. The zero-order valence-electron chi connectivity index (χ0n) is 12.2. The number of rotatable bonds is 7. The summed E-state index contributed by atoms with van der Waals surface area (Å²) in [5.74, 6) is 1.11. The number of hydrogen-bond donors (Lipinski definition) is 1.